The minimum Gasteiger partial charge on any atom is -0.494 e. The average Bonchev–Trinajstić information content (AvgIpc) is 2.52. The van der Waals surface area contributed by atoms with Gasteiger partial charge in [0.25, 0.3) is 0 Å². The Balaban J connectivity index is 1.39. The van der Waals surface area contributed by atoms with Gasteiger partial charge in [-0.15, -0.1) is 0 Å². The van der Waals surface area contributed by atoms with E-state index in [1.165, 1.54) is 19.3 Å². The lowest BCUT2D eigenvalue weighted by molar-refractivity contribution is -0.0955. The van der Waals surface area contributed by atoms with Crippen molar-refractivity contribution in [3.05, 3.63) is 30.3 Å². The highest BCUT2D eigenvalue weighted by atomic mass is 16.5. The third-order valence-electron chi connectivity index (χ3n) is 5.14. The van der Waals surface area contributed by atoms with E-state index >= 15 is 0 Å². The van der Waals surface area contributed by atoms with Crippen LogP contribution in [0.3, 0.4) is 0 Å². The zero-order valence-electron chi connectivity index (χ0n) is 12.8. The summed E-state index contributed by atoms with van der Waals surface area (Å²) in [5, 5.41) is 10.7. The van der Waals surface area contributed by atoms with Crippen LogP contribution < -0.4 is 4.74 Å². The Kier molecular flexibility index (Phi) is 4.81. The number of para-hydroxylation sites is 1. The lowest BCUT2D eigenvalue weighted by Crippen LogP contribution is -2.53. The second-order valence-electron chi connectivity index (χ2n) is 6.61. The molecule has 1 heterocycles. The van der Waals surface area contributed by atoms with Gasteiger partial charge in [-0.1, -0.05) is 31.0 Å². The summed E-state index contributed by atoms with van der Waals surface area (Å²) in [6.07, 6.45) is 6.73. The molecule has 0 radical (unpaired) electrons. The van der Waals surface area contributed by atoms with Crippen LogP contribution >= 0.6 is 0 Å². The van der Waals surface area contributed by atoms with Crippen LogP contribution in [0, 0.1) is 5.92 Å². The van der Waals surface area contributed by atoms with Crippen LogP contribution in [0.4, 0.5) is 0 Å². The molecular weight excluding hydrogens is 262 g/mol. The highest BCUT2D eigenvalue weighted by molar-refractivity contribution is 5.20. The van der Waals surface area contributed by atoms with Gasteiger partial charge >= 0.3 is 0 Å². The van der Waals surface area contributed by atoms with E-state index in [0.717, 1.165) is 51.3 Å². The standard InChI is InChI=1S/C18H27NO2/c20-18-10-5-4-7-16(18)15-19(13-11-18)12-6-14-21-17-8-2-1-3-9-17/h1-3,8-9,16,20H,4-7,10-15H2. The molecule has 0 amide bonds. The van der Waals surface area contributed by atoms with E-state index in [0.29, 0.717) is 5.92 Å². The highest BCUT2D eigenvalue weighted by Crippen LogP contribution is 2.39. The predicted octanol–water partition coefficient (Wildman–Crippen LogP) is 3.08. The molecule has 1 aromatic rings. The number of likely N-dealkylation sites (tertiary alicyclic amines) is 1. The van der Waals surface area contributed by atoms with Gasteiger partial charge in [0, 0.05) is 25.6 Å². The van der Waals surface area contributed by atoms with Crippen molar-refractivity contribution in [2.45, 2.75) is 44.1 Å². The number of fused-ring (bicyclic) bond motifs is 1. The summed E-state index contributed by atoms with van der Waals surface area (Å²) in [5.74, 6) is 1.45. The Morgan fingerprint density at radius 1 is 1.19 bits per heavy atom. The van der Waals surface area contributed by atoms with Gasteiger partial charge in [-0.2, -0.15) is 0 Å². The highest BCUT2D eigenvalue weighted by Gasteiger charge is 2.42. The molecule has 1 aliphatic carbocycles. The monoisotopic (exact) mass is 289 g/mol. The lowest BCUT2D eigenvalue weighted by atomic mass is 9.71. The SMILES string of the molecule is OC12CCCCC1CN(CCCOc1ccccc1)CC2. The quantitative estimate of drug-likeness (QED) is 0.846. The van der Waals surface area contributed by atoms with Crippen LogP contribution in [-0.2, 0) is 0 Å². The summed E-state index contributed by atoms with van der Waals surface area (Å²) in [7, 11) is 0. The van der Waals surface area contributed by atoms with E-state index in [-0.39, 0.29) is 5.60 Å². The van der Waals surface area contributed by atoms with Crippen molar-refractivity contribution < 1.29 is 9.84 Å². The Morgan fingerprint density at radius 2 is 2.05 bits per heavy atom. The summed E-state index contributed by atoms with van der Waals surface area (Å²) in [4.78, 5) is 2.51. The molecule has 3 nitrogen and oxygen atoms in total. The second-order valence-corrected chi connectivity index (χ2v) is 6.61. The van der Waals surface area contributed by atoms with Crippen LogP contribution in [-0.4, -0.2) is 41.8 Å². The van der Waals surface area contributed by atoms with E-state index in [4.69, 9.17) is 4.74 Å². The predicted molar refractivity (Wildman–Crippen MR) is 84.5 cm³/mol. The summed E-state index contributed by atoms with van der Waals surface area (Å²) in [6.45, 7) is 3.97. The van der Waals surface area contributed by atoms with Gasteiger partial charge in [-0.25, -0.2) is 0 Å². The number of hydrogen-bond donors (Lipinski definition) is 1. The summed E-state index contributed by atoms with van der Waals surface area (Å²) in [6, 6.07) is 10.0. The van der Waals surface area contributed by atoms with Crippen LogP contribution in [0.5, 0.6) is 5.75 Å². The maximum Gasteiger partial charge on any atom is 0.119 e. The fourth-order valence-corrected chi connectivity index (χ4v) is 3.84. The van der Waals surface area contributed by atoms with Gasteiger partial charge in [0.15, 0.2) is 0 Å². The van der Waals surface area contributed by atoms with Crippen molar-refractivity contribution in [2.75, 3.05) is 26.2 Å². The third kappa shape index (κ3) is 3.78. The molecule has 1 N–H and O–H groups in total. The lowest BCUT2D eigenvalue weighted by Gasteiger charge is -2.47. The number of rotatable bonds is 5. The van der Waals surface area contributed by atoms with E-state index in [1.807, 2.05) is 30.3 Å². The zero-order chi connectivity index (χ0) is 14.5. The molecule has 2 unspecified atom stereocenters. The van der Waals surface area contributed by atoms with Crippen LogP contribution in [0.2, 0.25) is 0 Å². The molecule has 2 fully saturated rings. The molecular formula is C18H27NO2. The summed E-state index contributed by atoms with van der Waals surface area (Å²) >= 11 is 0. The Bertz CT molecular complexity index is 436. The van der Waals surface area contributed by atoms with E-state index in [1.54, 1.807) is 0 Å². The largest absolute Gasteiger partial charge is 0.494 e. The van der Waals surface area contributed by atoms with Crippen molar-refractivity contribution in [1.29, 1.82) is 0 Å². The molecule has 1 aromatic carbocycles. The smallest absolute Gasteiger partial charge is 0.119 e. The van der Waals surface area contributed by atoms with Gasteiger partial charge in [0.1, 0.15) is 5.75 Å². The first-order chi connectivity index (χ1) is 10.3. The molecule has 116 valence electrons. The van der Waals surface area contributed by atoms with Gasteiger partial charge in [-0.3, -0.25) is 0 Å². The third-order valence-corrected chi connectivity index (χ3v) is 5.14. The first-order valence-corrected chi connectivity index (χ1v) is 8.39. The van der Waals surface area contributed by atoms with Crippen LogP contribution in [0.1, 0.15) is 38.5 Å². The van der Waals surface area contributed by atoms with Crippen LogP contribution in [0.25, 0.3) is 0 Å². The molecule has 3 rings (SSSR count). The first kappa shape index (κ1) is 14.9. The van der Waals surface area contributed by atoms with Crippen molar-refractivity contribution in [1.82, 2.24) is 4.90 Å². The van der Waals surface area contributed by atoms with Crippen molar-refractivity contribution in [3.8, 4) is 5.75 Å². The fourth-order valence-electron chi connectivity index (χ4n) is 3.84. The van der Waals surface area contributed by atoms with Crippen molar-refractivity contribution >= 4 is 0 Å². The molecule has 1 aliphatic heterocycles. The molecule has 2 atom stereocenters. The van der Waals surface area contributed by atoms with E-state index < -0.39 is 0 Å². The average molecular weight is 289 g/mol. The van der Waals surface area contributed by atoms with Gasteiger partial charge in [0.2, 0.25) is 0 Å². The number of benzene rings is 1. The molecule has 2 aliphatic rings. The second kappa shape index (κ2) is 6.80. The molecule has 3 heteroatoms. The molecule has 0 spiro atoms. The fraction of sp³-hybridized carbons (Fsp3) is 0.667. The Labute approximate surface area is 127 Å². The van der Waals surface area contributed by atoms with Crippen LogP contribution in [0.15, 0.2) is 30.3 Å². The van der Waals surface area contributed by atoms with Crippen molar-refractivity contribution in [2.24, 2.45) is 5.92 Å². The minimum atomic E-state index is -0.352. The topological polar surface area (TPSA) is 32.7 Å². The number of hydrogen-bond acceptors (Lipinski definition) is 3. The molecule has 21 heavy (non-hydrogen) atoms. The molecule has 0 bridgehead atoms. The maximum absolute atomic E-state index is 10.7. The van der Waals surface area contributed by atoms with Gasteiger partial charge in [0.05, 0.1) is 12.2 Å². The number of ether oxygens (including phenoxy) is 1. The maximum atomic E-state index is 10.7. The Morgan fingerprint density at radius 3 is 2.90 bits per heavy atom. The first-order valence-electron chi connectivity index (χ1n) is 8.39. The molecule has 0 aromatic heterocycles. The van der Waals surface area contributed by atoms with E-state index in [2.05, 4.69) is 4.90 Å². The zero-order valence-corrected chi connectivity index (χ0v) is 12.8. The minimum absolute atomic E-state index is 0.352. The normalized spacial score (nSPS) is 29.9. The molecule has 1 saturated heterocycles. The number of nitrogens with zero attached hydrogens (tertiary/aromatic N) is 1. The number of piperidine rings is 1. The Hall–Kier alpha value is -1.06. The molecule has 1 saturated carbocycles. The summed E-state index contributed by atoms with van der Waals surface area (Å²) in [5.41, 5.74) is -0.352. The van der Waals surface area contributed by atoms with Gasteiger partial charge in [-0.05, 0) is 37.8 Å². The van der Waals surface area contributed by atoms with E-state index in [9.17, 15) is 5.11 Å². The van der Waals surface area contributed by atoms with Crippen molar-refractivity contribution in [3.63, 3.8) is 0 Å². The van der Waals surface area contributed by atoms with Gasteiger partial charge < -0.3 is 14.7 Å². The summed E-state index contributed by atoms with van der Waals surface area (Å²) < 4.78 is 5.75. The number of aliphatic hydroxyl groups is 1.